The molecular formula is C13H5N3O8. The predicted molar refractivity (Wildman–Crippen MR) is 79.1 cm³/mol. The predicted octanol–water partition coefficient (Wildman–Crippen LogP) is 2.62. The molecule has 0 bridgehead atoms. The molecule has 0 amide bonds. The van der Waals surface area contributed by atoms with Gasteiger partial charge in [-0.1, -0.05) is 18.2 Å². The van der Waals surface area contributed by atoms with Gasteiger partial charge in [-0.2, -0.15) is 0 Å². The zero-order chi connectivity index (χ0) is 17.6. The van der Waals surface area contributed by atoms with Gasteiger partial charge in [-0.25, -0.2) is 0 Å². The van der Waals surface area contributed by atoms with Gasteiger partial charge in [-0.05, 0) is 12.1 Å². The molecule has 1 heterocycles. The van der Waals surface area contributed by atoms with Crippen molar-refractivity contribution in [2.75, 3.05) is 0 Å². The lowest BCUT2D eigenvalue weighted by Crippen LogP contribution is -2.17. The monoisotopic (exact) mass is 331 g/mol. The van der Waals surface area contributed by atoms with Crippen LogP contribution in [0.5, 0.6) is 0 Å². The Morgan fingerprint density at radius 2 is 1.42 bits per heavy atom. The molecule has 0 saturated carbocycles. The van der Waals surface area contributed by atoms with Crippen molar-refractivity contribution in [1.82, 2.24) is 0 Å². The van der Waals surface area contributed by atoms with Crippen LogP contribution in [0.3, 0.4) is 0 Å². The van der Waals surface area contributed by atoms with Gasteiger partial charge in [0.15, 0.2) is 0 Å². The maximum atomic E-state index is 12.1. The summed E-state index contributed by atoms with van der Waals surface area (Å²) in [6.07, 6.45) is 0. The Kier molecular flexibility index (Phi) is 3.18. The molecule has 0 atom stereocenters. The van der Waals surface area contributed by atoms with Gasteiger partial charge in [-0.15, -0.1) is 0 Å². The molecule has 1 aliphatic carbocycles. The highest BCUT2D eigenvalue weighted by atomic mass is 16.6. The van der Waals surface area contributed by atoms with Gasteiger partial charge in [0.1, 0.15) is 11.1 Å². The molecule has 2 aliphatic rings. The van der Waals surface area contributed by atoms with Crippen molar-refractivity contribution in [2.45, 2.75) is 0 Å². The first-order chi connectivity index (χ1) is 11.3. The normalized spacial score (nSPS) is 10.8. The molecule has 3 rings (SSSR count). The number of hydrogen-bond donors (Lipinski definition) is 0. The van der Waals surface area contributed by atoms with Crippen molar-refractivity contribution in [3.05, 3.63) is 70.9 Å². The van der Waals surface area contributed by atoms with E-state index in [1.165, 1.54) is 12.1 Å². The standard InChI is InChI=1S/C13H5N3O8/c17-12-10(15(20)21)9(14(18)19)7-5-6-3-1-2-4-8(6)24-13(7)11(12)16(22)23/h1-5H. The molecule has 120 valence electrons. The number of hydrogen-bond acceptors (Lipinski definition) is 8. The van der Waals surface area contributed by atoms with Crippen molar-refractivity contribution in [2.24, 2.45) is 0 Å². The Bertz CT molecular complexity index is 1070. The summed E-state index contributed by atoms with van der Waals surface area (Å²) < 4.78 is 5.28. The van der Waals surface area contributed by atoms with Crippen LogP contribution in [-0.2, 0) is 0 Å². The van der Waals surface area contributed by atoms with E-state index in [0.717, 1.165) is 6.07 Å². The number of benzene rings is 2. The van der Waals surface area contributed by atoms with Gasteiger partial charge in [0, 0.05) is 5.39 Å². The molecule has 24 heavy (non-hydrogen) atoms. The van der Waals surface area contributed by atoms with Crippen LogP contribution in [-0.4, -0.2) is 14.8 Å². The Labute approximate surface area is 130 Å². The second kappa shape index (κ2) is 5.08. The highest BCUT2D eigenvalue weighted by molar-refractivity contribution is 5.91. The number of fused-ring (bicyclic) bond motifs is 2. The lowest BCUT2D eigenvalue weighted by molar-refractivity contribution is -0.425. The summed E-state index contributed by atoms with van der Waals surface area (Å²) >= 11 is 0. The molecule has 0 N–H and O–H groups in total. The van der Waals surface area contributed by atoms with E-state index in [4.69, 9.17) is 4.42 Å². The van der Waals surface area contributed by atoms with Gasteiger partial charge < -0.3 is 4.42 Å². The first-order valence-electron chi connectivity index (χ1n) is 6.28. The van der Waals surface area contributed by atoms with E-state index in [0.29, 0.717) is 5.39 Å². The van der Waals surface area contributed by atoms with Gasteiger partial charge >= 0.3 is 22.5 Å². The van der Waals surface area contributed by atoms with Crippen molar-refractivity contribution in [3.63, 3.8) is 0 Å². The fourth-order valence-corrected chi connectivity index (χ4v) is 2.40. The highest BCUT2D eigenvalue weighted by Gasteiger charge is 2.44. The fourth-order valence-electron chi connectivity index (χ4n) is 2.40. The summed E-state index contributed by atoms with van der Waals surface area (Å²) in [6, 6.07) is 7.23. The summed E-state index contributed by atoms with van der Waals surface area (Å²) in [5.74, 6) is -0.680. The molecule has 1 aliphatic heterocycles. The Morgan fingerprint density at radius 1 is 0.833 bits per heavy atom. The van der Waals surface area contributed by atoms with Crippen molar-refractivity contribution in [1.29, 1.82) is 0 Å². The molecule has 0 spiro atoms. The largest absolute Gasteiger partial charge is 0.448 e. The Balaban J connectivity index is 2.67. The molecule has 11 heteroatoms. The number of rotatable bonds is 3. The van der Waals surface area contributed by atoms with Crippen LogP contribution >= 0.6 is 0 Å². The fraction of sp³-hybridized carbons (Fsp3) is 0. The van der Waals surface area contributed by atoms with Crippen LogP contribution in [0.2, 0.25) is 0 Å². The average Bonchev–Trinajstić information content (AvgIpc) is 2.50. The molecule has 1 aromatic carbocycles. The van der Waals surface area contributed by atoms with Gasteiger partial charge in [0.2, 0.25) is 5.76 Å². The summed E-state index contributed by atoms with van der Waals surface area (Å²) in [4.78, 5) is 42.0. The smallest absolute Gasteiger partial charge is 0.400 e. The van der Waals surface area contributed by atoms with E-state index >= 15 is 0 Å². The van der Waals surface area contributed by atoms with Gasteiger partial charge in [-0.3, -0.25) is 35.1 Å². The number of para-hydroxylation sites is 1. The van der Waals surface area contributed by atoms with Crippen molar-refractivity contribution in [3.8, 4) is 11.3 Å². The third-order valence-electron chi connectivity index (χ3n) is 3.35. The molecule has 0 unspecified atom stereocenters. The third kappa shape index (κ3) is 2.03. The molecule has 11 nitrogen and oxygen atoms in total. The summed E-state index contributed by atoms with van der Waals surface area (Å²) in [5.41, 5.74) is -5.85. The topological polar surface area (TPSA) is 160 Å². The van der Waals surface area contributed by atoms with Gasteiger partial charge in [0.05, 0.1) is 14.8 Å². The minimum atomic E-state index is -1.68. The average molecular weight is 331 g/mol. The second-order valence-electron chi connectivity index (χ2n) is 4.67. The maximum Gasteiger partial charge on any atom is 0.400 e. The summed E-state index contributed by atoms with van der Waals surface area (Å²) in [7, 11) is 0. The summed E-state index contributed by atoms with van der Waals surface area (Å²) in [6.45, 7) is 0. The van der Waals surface area contributed by atoms with E-state index in [1.54, 1.807) is 12.1 Å². The first-order valence-corrected chi connectivity index (χ1v) is 6.28. The van der Waals surface area contributed by atoms with Crippen molar-refractivity contribution < 1.29 is 19.2 Å². The van der Waals surface area contributed by atoms with Crippen LogP contribution in [0.1, 0.15) is 0 Å². The quantitative estimate of drug-likeness (QED) is 0.402. The van der Waals surface area contributed by atoms with Crippen LogP contribution < -0.4 is 5.43 Å². The molecular weight excluding hydrogens is 326 g/mol. The molecule has 0 saturated heterocycles. The number of nitro groups is 3. The number of nitro benzene ring substituents is 3. The van der Waals surface area contributed by atoms with E-state index in [1.807, 2.05) is 0 Å². The second-order valence-corrected chi connectivity index (χ2v) is 4.67. The lowest BCUT2D eigenvalue weighted by atomic mass is 10.0. The van der Waals surface area contributed by atoms with E-state index < -0.39 is 48.6 Å². The highest BCUT2D eigenvalue weighted by Crippen LogP contribution is 2.43. The Morgan fingerprint density at radius 3 is 2.00 bits per heavy atom. The van der Waals surface area contributed by atoms with Crippen LogP contribution in [0.4, 0.5) is 17.1 Å². The maximum absolute atomic E-state index is 12.1. The molecule has 0 aromatic heterocycles. The minimum absolute atomic E-state index is 0.135. The molecule has 1 aromatic rings. The zero-order valence-electron chi connectivity index (χ0n) is 11.5. The zero-order valence-corrected chi connectivity index (χ0v) is 11.5. The third-order valence-corrected chi connectivity index (χ3v) is 3.35. The molecule has 0 fully saturated rings. The summed E-state index contributed by atoms with van der Waals surface area (Å²) in [5, 5.41) is 33.8. The van der Waals surface area contributed by atoms with Crippen LogP contribution in [0.15, 0.2) is 39.5 Å². The molecule has 0 radical (unpaired) electrons. The Hall–Kier alpha value is -3.89. The van der Waals surface area contributed by atoms with Crippen molar-refractivity contribution >= 4 is 28.0 Å². The van der Waals surface area contributed by atoms with Crippen LogP contribution in [0, 0.1) is 30.3 Å². The van der Waals surface area contributed by atoms with Gasteiger partial charge in [0.25, 0.3) is 0 Å². The first kappa shape index (κ1) is 15.0. The SMILES string of the molecule is O=c1c([N+](=O)[O-])c2oc3ccccc3cc-2c([N+](=O)[O-])c1[N+](=O)[O-]. The van der Waals surface area contributed by atoms with E-state index in [2.05, 4.69) is 0 Å². The lowest BCUT2D eigenvalue weighted by Gasteiger charge is -2.08. The number of nitrogens with zero attached hydrogens (tertiary/aromatic N) is 3. The minimum Gasteiger partial charge on any atom is -0.448 e. The van der Waals surface area contributed by atoms with E-state index in [-0.39, 0.29) is 5.58 Å². The van der Waals surface area contributed by atoms with E-state index in [9.17, 15) is 35.1 Å². The van der Waals surface area contributed by atoms with Crippen LogP contribution in [0.25, 0.3) is 22.3 Å².